The first-order valence-electron chi connectivity index (χ1n) is 13.2. The molecule has 2 N–H and O–H groups in total. The minimum Gasteiger partial charge on any atom is -0.392 e. The molecule has 6 atom stereocenters. The number of thiazole rings is 1. The predicted molar refractivity (Wildman–Crippen MR) is 142 cm³/mol. The van der Waals surface area contributed by atoms with Gasteiger partial charge in [0.05, 0.1) is 11.8 Å². The minimum atomic E-state index is -0.481. The first-order valence-corrected chi connectivity index (χ1v) is 14.0. The van der Waals surface area contributed by atoms with Gasteiger partial charge in [-0.1, -0.05) is 51.1 Å². The largest absolute Gasteiger partial charge is 0.392 e. The Bertz CT molecular complexity index is 1030. The highest BCUT2D eigenvalue weighted by Crippen LogP contribution is 2.57. The number of nitrogens with one attached hydrogen (secondary N) is 1. The average Bonchev–Trinajstić information content (AvgIpc) is 3.25. The maximum atomic E-state index is 13.3. The fourth-order valence-corrected chi connectivity index (χ4v) is 8.15. The molecule has 1 aromatic heterocycles. The number of rotatable bonds is 5. The molecule has 3 aliphatic rings. The summed E-state index contributed by atoms with van der Waals surface area (Å²) in [6, 6.07) is 10.4. The molecule has 2 aliphatic carbocycles. The van der Waals surface area contributed by atoms with Gasteiger partial charge in [-0.25, -0.2) is 4.98 Å². The van der Waals surface area contributed by atoms with Crippen molar-refractivity contribution in [1.82, 2.24) is 14.8 Å². The third-order valence-electron chi connectivity index (χ3n) is 9.06. The van der Waals surface area contributed by atoms with Gasteiger partial charge >= 0.3 is 0 Å². The molecule has 1 unspecified atom stereocenters. The van der Waals surface area contributed by atoms with Gasteiger partial charge in [0.15, 0.2) is 5.13 Å². The van der Waals surface area contributed by atoms with E-state index in [1.54, 1.807) is 11.3 Å². The standard InChI is InChI=1S/C28H40N4O2S/c1-18(26(34)32-14-12-31(4)13-15-32)21-10-11-28(3)16-22-24(19(2)23(28)25(21)33)30-27(35-22)29-17-20-8-6-5-7-9-20/h5-9,18-19,21,23,25,33H,10-17H2,1-4H3,(H,29,30)/t18-,19-,21?,23+,25-,28-/m0/s1. The van der Waals surface area contributed by atoms with Gasteiger partial charge in [0.2, 0.25) is 5.91 Å². The number of hydrogen-bond acceptors (Lipinski definition) is 6. The van der Waals surface area contributed by atoms with Crippen molar-refractivity contribution in [3.05, 3.63) is 46.5 Å². The number of benzene rings is 1. The van der Waals surface area contributed by atoms with Crippen molar-refractivity contribution in [2.75, 3.05) is 38.5 Å². The molecule has 5 rings (SSSR count). The van der Waals surface area contributed by atoms with Gasteiger partial charge in [0.25, 0.3) is 0 Å². The van der Waals surface area contributed by atoms with Crippen LogP contribution in [0.2, 0.25) is 0 Å². The third-order valence-corrected chi connectivity index (χ3v) is 10.1. The molecular formula is C28H40N4O2S. The van der Waals surface area contributed by atoms with Crippen LogP contribution in [0.25, 0.3) is 0 Å². The number of anilines is 1. The fraction of sp³-hybridized carbons (Fsp3) is 0.643. The van der Waals surface area contributed by atoms with Gasteiger partial charge < -0.3 is 20.2 Å². The molecule has 0 spiro atoms. The topological polar surface area (TPSA) is 68.7 Å². The van der Waals surface area contributed by atoms with Gasteiger partial charge in [-0.2, -0.15) is 0 Å². The number of aliphatic hydroxyl groups is 1. The van der Waals surface area contributed by atoms with Crippen LogP contribution in [0.3, 0.4) is 0 Å². The van der Waals surface area contributed by atoms with E-state index in [1.165, 1.54) is 10.4 Å². The number of piperazine rings is 1. The number of hydrogen-bond donors (Lipinski definition) is 2. The van der Waals surface area contributed by atoms with Gasteiger partial charge in [0.1, 0.15) is 0 Å². The molecule has 2 heterocycles. The number of carbonyl (C=O) groups is 1. The highest BCUT2D eigenvalue weighted by molar-refractivity contribution is 7.15. The van der Waals surface area contributed by atoms with E-state index in [-0.39, 0.29) is 35.0 Å². The van der Waals surface area contributed by atoms with Crippen molar-refractivity contribution in [3.63, 3.8) is 0 Å². The normalized spacial score (nSPS) is 32.0. The van der Waals surface area contributed by atoms with Crippen molar-refractivity contribution in [2.45, 2.75) is 58.6 Å². The Morgan fingerprint density at radius 2 is 1.97 bits per heavy atom. The zero-order chi connectivity index (χ0) is 24.7. The minimum absolute atomic E-state index is 0.0125. The van der Waals surface area contributed by atoms with Gasteiger partial charge in [0, 0.05) is 49.4 Å². The predicted octanol–water partition coefficient (Wildman–Crippen LogP) is 4.22. The van der Waals surface area contributed by atoms with E-state index in [9.17, 15) is 9.90 Å². The number of aliphatic hydroxyl groups excluding tert-OH is 1. The number of fused-ring (bicyclic) bond motifs is 2. The summed E-state index contributed by atoms with van der Waals surface area (Å²) < 4.78 is 0. The Hall–Kier alpha value is -1.96. The fourth-order valence-electron chi connectivity index (χ4n) is 6.89. The van der Waals surface area contributed by atoms with Crippen molar-refractivity contribution < 1.29 is 9.90 Å². The van der Waals surface area contributed by atoms with Crippen LogP contribution < -0.4 is 5.32 Å². The van der Waals surface area contributed by atoms with E-state index in [1.807, 2.05) is 17.9 Å². The summed E-state index contributed by atoms with van der Waals surface area (Å²) in [5.41, 5.74) is 2.43. The summed E-state index contributed by atoms with van der Waals surface area (Å²) >= 11 is 1.78. The van der Waals surface area contributed by atoms with Gasteiger partial charge in [-0.05, 0) is 49.1 Å². The molecule has 190 valence electrons. The lowest BCUT2D eigenvalue weighted by atomic mass is 9.53. The van der Waals surface area contributed by atoms with Crippen LogP contribution in [-0.2, 0) is 17.8 Å². The van der Waals surface area contributed by atoms with Crippen LogP contribution in [0.4, 0.5) is 5.13 Å². The Morgan fingerprint density at radius 3 is 2.69 bits per heavy atom. The summed E-state index contributed by atoms with van der Waals surface area (Å²) in [6.45, 7) is 10.8. The number of likely N-dealkylation sites (N-methyl/N-ethyl adjacent to an activating group) is 1. The number of nitrogens with zero attached hydrogens (tertiary/aromatic N) is 3. The van der Waals surface area contributed by atoms with Crippen molar-refractivity contribution >= 4 is 22.4 Å². The van der Waals surface area contributed by atoms with Crippen molar-refractivity contribution in [1.29, 1.82) is 0 Å². The van der Waals surface area contributed by atoms with E-state index >= 15 is 0 Å². The molecule has 2 fully saturated rings. The quantitative estimate of drug-likeness (QED) is 0.649. The highest BCUT2D eigenvalue weighted by atomic mass is 32.1. The van der Waals surface area contributed by atoms with Crippen LogP contribution >= 0.6 is 11.3 Å². The molecule has 35 heavy (non-hydrogen) atoms. The Labute approximate surface area is 213 Å². The van der Waals surface area contributed by atoms with Crippen molar-refractivity contribution in [3.8, 4) is 0 Å². The molecule has 1 aliphatic heterocycles. The summed E-state index contributed by atoms with van der Waals surface area (Å²) in [7, 11) is 2.11. The molecular weight excluding hydrogens is 456 g/mol. The average molecular weight is 497 g/mol. The zero-order valence-corrected chi connectivity index (χ0v) is 22.4. The zero-order valence-electron chi connectivity index (χ0n) is 21.5. The summed E-state index contributed by atoms with van der Waals surface area (Å²) in [5, 5.41) is 16.2. The van der Waals surface area contributed by atoms with E-state index < -0.39 is 6.10 Å². The molecule has 2 aromatic rings. The maximum Gasteiger partial charge on any atom is 0.225 e. The van der Waals surface area contributed by atoms with Crippen LogP contribution in [0.1, 0.15) is 55.7 Å². The molecule has 1 saturated heterocycles. The molecule has 0 bridgehead atoms. The summed E-state index contributed by atoms with van der Waals surface area (Å²) in [4.78, 5) is 24.0. The third kappa shape index (κ3) is 4.75. The van der Waals surface area contributed by atoms with Crippen LogP contribution in [0.15, 0.2) is 30.3 Å². The molecule has 0 radical (unpaired) electrons. The second kappa shape index (κ2) is 9.83. The van der Waals surface area contributed by atoms with Gasteiger partial charge in [-0.15, -0.1) is 11.3 Å². The van der Waals surface area contributed by atoms with E-state index in [0.29, 0.717) is 0 Å². The molecule has 1 amide bonds. The summed E-state index contributed by atoms with van der Waals surface area (Å²) in [6.07, 6.45) is 2.45. The van der Waals surface area contributed by atoms with Crippen LogP contribution in [0, 0.1) is 23.2 Å². The lowest BCUT2D eigenvalue weighted by molar-refractivity contribution is -0.146. The van der Waals surface area contributed by atoms with Crippen molar-refractivity contribution in [2.24, 2.45) is 23.2 Å². The highest BCUT2D eigenvalue weighted by Gasteiger charge is 2.54. The van der Waals surface area contributed by atoms with Gasteiger partial charge in [-0.3, -0.25) is 4.79 Å². The monoisotopic (exact) mass is 496 g/mol. The van der Waals surface area contributed by atoms with E-state index in [4.69, 9.17) is 4.98 Å². The summed E-state index contributed by atoms with van der Waals surface area (Å²) in [5.74, 6) is 0.385. The molecule has 1 aromatic carbocycles. The Balaban J connectivity index is 1.30. The lowest BCUT2D eigenvalue weighted by Gasteiger charge is -2.53. The van der Waals surface area contributed by atoms with Crippen LogP contribution in [0.5, 0.6) is 0 Å². The smallest absolute Gasteiger partial charge is 0.225 e. The Morgan fingerprint density at radius 1 is 1.26 bits per heavy atom. The number of carbonyl (C=O) groups excluding carboxylic acids is 1. The Kier molecular flexibility index (Phi) is 6.94. The maximum absolute atomic E-state index is 13.3. The SMILES string of the molecule is C[C@H](C(=O)N1CCN(C)CC1)C1CC[C@@]2(C)Cc3sc(NCc4ccccc4)nc3[C@@H](C)[C@@H]2[C@H]1O. The first kappa shape index (κ1) is 24.7. The van der Waals surface area contributed by atoms with Crippen LogP contribution in [-0.4, -0.2) is 65.1 Å². The second-order valence-corrected chi connectivity index (χ2v) is 12.5. The lowest BCUT2D eigenvalue weighted by Crippen LogP contribution is -2.55. The molecule has 6 nitrogen and oxygen atoms in total. The molecule has 7 heteroatoms. The van der Waals surface area contributed by atoms with E-state index in [0.717, 1.165) is 62.8 Å². The number of aromatic nitrogens is 1. The van der Waals surface area contributed by atoms with E-state index in [2.05, 4.69) is 55.4 Å². The molecule has 1 saturated carbocycles. The first-order chi connectivity index (χ1) is 16.8. The number of amides is 1. The second-order valence-electron chi connectivity index (χ2n) is 11.4.